The van der Waals surface area contributed by atoms with E-state index in [2.05, 4.69) is 39.9 Å². The summed E-state index contributed by atoms with van der Waals surface area (Å²) in [4.78, 5) is 14.3. The molecular formula is C31H29N5O2S. The number of rotatable bonds is 9. The van der Waals surface area contributed by atoms with E-state index in [4.69, 9.17) is 17.0 Å². The van der Waals surface area contributed by atoms with E-state index in [1.165, 1.54) is 18.4 Å². The normalized spacial score (nSPS) is 10.8. The highest BCUT2D eigenvalue weighted by atomic mass is 32.1. The van der Waals surface area contributed by atoms with Crippen molar-refractivity contribution >= 4 is 40.0 Å². The molecule has 0 aliphatic carbocycles. The van der Waals surface area contributed by atoms with Crippen molar-refractivity contribution in [3.63, 3.8) is 0 Å². The topological polar surface area (TPSA) is 81.1 Å². The van der Waals surface area contributed by atoms with Crippen LogP contribution in [0.1, 0.15) is 41.3 Å². The minimum absolute atomic E-state index is 0.193. The van der Waals surface area contributed by atoms with Gasteiger partial charge in [0.2, 0.25) is 0 Å². The van der Waals surface area contributed by atoms with Gasteiger partial charge in [0.05, 0.1) is 5.69 Å². The Hall–Kier alpha value is -4.56. The second kappa shape index (κ2) is 12.3. The van der Waals surface area contributed by atoms with Crippen LogP contribution in [0.4, 0.5) is 5.69 Å². The molecule has 196 valence electrons. The zero-order chi connectivity index (χ0) is 27.0. The fraction of sp³-hybridized carbons (Fsp3) is 0.161. The van der Waals surface area contributed by atoms with Crippen LogP contribution in [0.3, 0.4) is 0 Å². The quantitative estimate of drug-likeness (QED) is 0.211. The van der Waals surface area contributed by atoms with Gasteiger partial charge in [-0.3, -0.25) is 10.1 Å². The second-order valence-electron chi connectivity index (χ2n) is 9.17. The molecule has 1 aromatic heterocycles. The van der Waals surface area contributed by atoms with E-state index < -0.39 is 0 Å². The first-order valence-corrected chi connectivity index (χ1v) is 13.3. The lowest BCUT2D eigenvalue weighted by atomic mass is 10.1. The maximum atomic E-state index is 12.7. The van der Waals surface area contributed by atoms with Crippen molar-refractivity contribution in [1.82, 2.24) is 20.3 Å². The Morgan fingerprint density at radius 1 is 0.872 bits per heavy atom. The zero-order valence-corrected chi connectivity index (χ0v) is 22.4. The van der Waals surface area contributed by atoms with E-state index in [-0.39, 0.29) is 11.0 Å². The highest BCUT2D eigenvalue weighted by Crippen LogP contribution is 2.19. The van der Waals surface area contributed by atoms with Gasteiger partial charge in [-0.15, -0.1) is 10.2 Å². The van der Waals surface area contributed by atoms with Crippen LogP contribution in [0, 0.1) is 0 Å². The Labute approximate surface area is 232 Å². The van der Waals surface area contributed by atoms with Crippen molar-refractivity contribution < 1.29 is 9.53 Å². The molecule has 0 aliphatic heterocycles. The van der Waals surface area contributed by atoms with Crippen LogP contribution in [-0.4, -0.2) is 26.0 Å². The number of hydrogen-bond donors (Lipinski definition) is 2. The number of carbonyl (C=O) groups is 1. The van der Waals surface area contributed by atoms with Gasteiger partial charge in [0.25, 0.3) is 5.91 Å². The summed E-state index contributed by atoms with van der Waals surface area (Å²) in [6, 6.07) is 30.8. The lowest BCUT2D eigenvalue weighted by Crippen LogP contribution is -2.34. The van der Waals surface area contributed by atoms with Crippen LogP contribution in [0.25, 0.3) is 16.7 Å². The fourth-order valence-electron chi connectivity index (χ4n) is 4.07. The lowest BCUT2D eigenvalue weighted by Gasteiger charge is -2.10. The molecule has 1 heterocycles. The Bertz CT molecular complexity index is 1560. The van der Waals surface area contributed by atoms with Crippen LogP contribution in [-0.2, 0) is 13.0 Å². The van der Waals surface area contributed by atoms with Crippen molar-refractivity contribution in [1.29, 1.82) is 0 Å². The first-order valence-electron chi connectivity index (χ1n) is 12.9. The van der Waals surface area contributed by atoms with Crippen molar-refractivity contribution in [2.24, 2.45) is 0 Å². The number of thiocarbonyl (C=S) groups is 1. The molecule has 0 fully saturated rings. The van der Waals surface area contributed by atoms with Crippen LogP contribution in [0.2, 0.25) is 0 Å². The number of fused-ring (bicyclic) bond motifs is 1. The SMILES string of the molecule is CCCCc1ccc(-n2nc3ccc(NC(=S)NC(=O)c4ccc(OCc5ccccc5)cc4)cc3n2)cc1. The summed E-state index contributed by atoms with van der Waals surface area (Å²) in [6.07, 6.45) is 3.43. The third-order valence-corrected chi connectivity index (χ3v) is 6.42. The molecule has 0 saturated carbocycles. The molecule has 4 aromatic carbocycles. The molecule has 2 N–H and O–H groups in total. The van der Waals surface area contributed by atoms with Gasteiger partial charge in [-0.25, -0.2) is 0 Å². The van der Waals surface area contributed by atoms with E-state index in [1.807, 2.05) is 60.7 Å². The maximum absolute atomic E-state index is 12.7. The van der Waals surface area contributed by atoms with Gasteiger partial charge in [0.15, 0.2) is 5.11 Å². The van der Waals surface area contributed by atoms with Crippen molar-refractivity contribution in [3.8, 4) is 11.4 Å². The molecule has 0 spiro atoms. The van der Waals surface area contributed by atoms with Gasteiger partial charge in [-0.05, 0) is 90.8 Å². The largest absolute Gasteiger partial charge is 0.489 e. The van der Waals surface area contributed by atoms with E-state index in [9.17, 15) is 4.79 Å². The number of anilines is 1. The summed E-state index contributed by atoms with van der Waals surface area (Å²) < 4.78 is 5.79. The zero-order valence-electron chi connectivity index (χ0n) is 21.6. The number of unbranched alkanes of at least 4 members (excludes halogenated alkanes) is 1. The molecule has 0 unspecified atom stereocenters. The Morgan fingerprint density at radius 2 is 1.62 bits per heavy atom. The molecule has 0 atom stereocenters. The molecule has 7 nitrogen and oxygen atoms in total. The highest BCUT2D eigenvalue weighted by molar-refractivity contribution is 7.80. The van der Waals surface area contributed by atoms with E-state index in [1.54, 1.807) is 29.1 Å². The van der Waals surface area contributed by atoms with E-state index >= 15 is 0 Å². The highest BCUT2D eigenvalue weighted by Gasteiger charge is 2.10. The minimum atomic E-state index is -0.309. The number of ether oxygens (including phenoxy) is 1. The summed E-state index contributed by atoms with van der Waals surface area (Å²) >= 11 is 5.37. The molecule has 5 aromatic rings. The van der Waals surface area contributed by atoms with Crippen molar-refractivity contribution in [2.75, 3.05) is 5.32 Å². The standard InChI is InChI=1S/C31H29N5O2S/c1-2-3-7-22-10-15-26(16-11-22)36-34-28-19-14-25(20-29(28)35-36)32-31(39)33-30(37)24-12-17-27(18-13-24)38-21-23-8-5-4-6-9-23/h4-6,8-20H,2-3,7,21H2,1H3,(H2,32,33,37,39). The first kappa shape index (κ1) is 26.1. The van der Waals surface area contributed by atoms with Crippen LogP contribution < -0.4 is 15.4 Å². The monoisotopic (exact) mass is 535 g/mol. The Balaban J connectivity index is 1.17. The van der Waals surface area contributed by atoms with Gasteiger partial charge >= 0.3 is 0 Å². The molecule has 5 rings (SSSR count). The van der Waals surface area contributed by atoms with Crippen LogP contribution >= 0.6 is 12.2 Å². The van der Waals surface area contributed by atoms with Gasteiger partial charge in [-0.1, -0.05) is 55.8 Å². The summed E-state index contributed by atoms with van der Waals surface area (Å²) in [5.41, 5.74) is 5.96. The third-order valence-electron chi connectivity index (χ3n) is 6.22. The summed E-state index contributed by atoms with van der Waals surface area (Å²) in [5, 5.41) is 15.2. The van der Waals surface area contributed by atoms with Gasteiger partial charge in [0, 0.05) is 11.3 Å². The molecule has 39 heavy (non-hydrogen) atoms. The number of carbonyl (C=O) groups excluding carboxylic acids is 1. The molecular weight excluding hydrogens is 506 g/mol. The summed E-state index contributed by atoms with van der Waals surface area (Å²) in [7, 11) is 0. The average molecular weight is 536 g/mol. The predicted molar refractivity (Wildman–Crippen MR) is 158 cm³/mol. The predicted octanol–water partition coefficient (Wildman–Crippen LogP) is 6.47. The van der Waals surface area contributed by atoms with Crippen molar-refractivity contribution in [2.45, 2.75) is 32.8 Å². The third kappa shape index (κ3) is 6.86. The number of aryl methyl sites for hydroxylation is 1. The molecule has 1 amide bonds. The first-order chi connectivity index (χ1) is 19.1. The maximum Gasteiger partial charge on any atom is 0.257 e. The number of benzene rings is 4. The Kier molecular flexibility index (Phi) is 8.23. The van der Waals surface area contributed by atoms with E-state index in [0.717, 1.165) is 28.7 Å². The van der Waals surface area contributed by atoms with Gasteiger partial charge in [0.1, 0.15) is 23.4 Å². The number of nitrogens with one attached hydrogen (secondary N) is 2. The van der Waals surface area contributed by atoms with Crippen molar-refractivity contribution in [3.05, 3.63) is 114 Å². The molecule has 0 aliphatic rings. The summed E-state index contributed by atoms with van der Waals surface area (Å²) in [5.74, 6) is 0.376. The number of aromatic nitrogens is 3. The molecule has 0 bridgehead atoms. The minimum Gasteiger partial charge on any atom is -0.489 e. The average Bonchev–Trinajstić information content (AvgIpc) is 3.39. The summed E-state index contributed by atoms with van der Waals surface area (Å²) in [6.45, 7) is 2.66. The number of nitrogens with zero attached hydrogens (tertiary/aromatic N) is 3. The second-order valence-corrected chi connectivity index (χ2v) is 9.58. The number of amides is 1. The molecule has 0 saturated heterocycles. The van der Waals surface area contributed by atoms with Crippen LogP contribution in [0.15, 0.2) is 97.1 Å². The lowest BCUT2D eigenvalue weighted by molar-refractivity contribution is 0.0977. The smallest absolute Gasteiger partial charge is 0.257 e. The van der Waals surface area contributed by atoms with Gasteiger partial charge < -0.3 is 10.1 Å². The molecule has 0 radical (unpaired) electrons. The van der Waals surface area contributed by atoms with Crippen LogP contribution in [0.5, 0.6) is 5.75 Å². The molecule has 8 heteroatoms. The van der Waals surface area contributed by atoms with E-state index in [0.29, 0.717) is 23.6 Å². The number of hydrogen-bond acceptors (Lipinski definition) is 5. The Morgan fingerprint density at radius 3 is 2.36 bits per heavy atom. The fourth-order valence-corrected chi connectivity index (χ4v) is 4.28. The van der Waals surface area contributed by atoms with Gasteiger partial charge in [-0.2, -0.15) is 4.80 Å².